The minimum absolute atomic E-state index is 0. The summed E-state index contributed by atoms with van der Waals surface area (Å²) in [6.45, 7) is 6.89. The van der Waals surface area contributed by atoms with Crippen molar-refractivity contribution in [2.75, 3.05) is 13.7 Å². The molecule has 1 aromatic carbocycles. The van der Waals surface area contributed by atoms with Gasteiger partial charge < -0.3 is 20.8 Å². The smallest absolute Gasteiger partial charge is 0.239 e. The molecule has 0 saturated heterocycles. The predicted octanol–water partition coefficient (Wildman–Crippen LogP) is 2.10. The monoisotopic (exact) mass is 325 g/mol. The van der Waals surface area contributed by atoms with Gasteiger partial charge in [-0.1, -0.05) is 11.6 Å². The van der Waals surface area contributed by atoms with E-state index in [1.165, 1.54) is 23.6 Å². The van der Waals surface area contributed by atoms with Crippen LogP contribution in [0, 0.1) is 20.8 Å². The lowest BCUT2D eigenvalue weighted by Crippen LogP contribution is -2.43. The summed E-state index contributed by atoms with van der Waals surface area (Å²) < 4.78 is 4.89. The average molecular weight is 326 g/mol. The number of aryl methyl sites for hydroxylation is 3. The first-order valence-electron chi connectivity index (χ1n) is 7.04. The Hall–Kier alpha value is -1.56. The Balaban J connectivity index is 0.00000242. The first kappa shape index (κ1) is 18.5. The van der Waals surface area contributed by atoms with Crippen LogP contribution in [0.15, 0.2) is 12.1 Å². The summed E-state index contributed by atoms with van der Waals surface area (Å²) in [6, 6.07) is 3.61. The first-order valence-corrected chi connectivity index (χ1v) is 7.04. The van der Waals surface area contributed by atoms with E-state index in [-0.39, 0.29) is 24.9 Å². The maximum absolute atomic E-state index is 11.9. The van der Waals surface area contributed by atoms with Gasteiger partial charge in [0.1, 0.15) is 6.04 Å². The summed E-state index contributed by atoms with van der Waals surface area (Å²) in [6.07, 6.45) is 0. The fourth-order valence-corrected chi connectivity index (χ4v) is 2.50. The quantitative estimate of drug-likeness (QED) is 0.787. The maximum atomic E-state index is 11.9. The van der Waals surface area contributed by atoms with Gasteiger partial charge in [-0.05, 0) is 38.0 Å². The number of aromatic nitrogens is 1. The van der Waals surface area contributed by atoms with E-state index in [2.05, 4.69) is 43.2 Å². The van der Waals surface area contributed by atoms with Crippen molar-refractivity contribution in [3.8, 4) is 0 Å². The van der Waals surface area contributed by atoms with Crippen LogP contribution in [0.5, 0.6) is 0 Å². The Bertz CT molecular complexity index is 667. The third kappa shape index (κ3) is 3.80. The molecule has 0 saturated carbocycles. The molecular formula is C16H24ClN3O2. The summed E-state index contributed by atoms with van der Waals surface area (Å²) in [5, 5.41) is 4.07. The zero-order valence-electron chi connectivity index (χ0n) is 13.4. The second kappa shape index (κ2) is 7.63. The molecule has 22 heavy (non-hydrogen) atoms. The Labute approximate surface area is 137 Å². The van der Waals surface area contributed by atoms with E-state index in [0.29, 0.717) is 6.54 Å². The van der Waals surface area contributed by atoms with E-state index in [9.17, 15) is 4.79 Å². The zero-order valence-corrected chi connectivity index (χ0v) is 14.3. The molecule has 0 bridgehead atoms. The maximum Gasteiger partial charge on any atom is 0.239 e. The Morgan fingerprint density at radius 1 is 1.36 bits per heavy atom. The van der Waals surface area contributed by atoms with Crippen LogP contribution in [0.1, 0.15) is 22.4 Å². The SMILES string of the molecule is COCC(N)C(=O)NCc1cc(C)cc2c(C)c(C)[nH]c12.Cl. The van der Waals surface area contributed by atoms with Crippen molar-refractivity contribution in [2.24, 2.45) is 5.73 Å². The normalized spacial score (nSPS) is 12.0. The van der Waals surface area contributed by atoms with Crippen LogP contribution in [-0.2, 0) is 16.1 Å². The molecule has 2 aromatic rings. The first-order chi connectivity index (χ1) is 9.93. The molecule has 0 radical (unpaired) electrons. The third-order valence-electron chi connectivity index (χ3n) is 3.78. The number of carbonyl (C=O) groups excluding carboxylic acids is 1. The van der Waals surface area contributed by atoms with Crippen LogP contribution >= 0.6 is 12.4 Å². The van der Waals surface area contributed by atoms with Crippen LogP contribution in [0.3, 0.4) is 0 Å². The van der Waals surface area contributed by atoms with Gasteiger partial charge in [0.15, 0.2) is 0 Å². The van der Waals surface area contributed by atoms with Gasteiger partial charge in [-0.25, -0.2) is 0 Å². The molecular weight excluding hydrogens is 302 g/mol. The van der Waals surface area contributed by atoms with Gasteiger partial charge in [0, 0.05) is 24.7 Å². The van der Waals surface area contributed by atoms with E-state index in [1.807, 2.05) is 0 Å². The summed E-state index contributed by atoms with van der Waals surface area (Å²) in [7, 11) is 1.53. The van der Waals surface area contributed by atoms with Gasteiger partial charge in [0.05, 0.1) is 12.1 Å². The number of halogens is 1. The lowest BCUT2D eigenvalue weighted by Gasteiger charge is -2.12. The number of rotatable bonds is 5. The Morgan fingerprint density at radius 3 is 2.68 bits per heavy atom. The van der Waals surface area contributed by atoms with Gasteiger partial charge in [0.2, 0.25) is 5.91 Å². The van der Waals surface area contributed by atoms with E-state index >= 15 is 0 Å². The van der Waals surface area contributed by atoms with Crippen molar-refractivity contribution >= 4 is 29.2 Å². The lowest BCUT2D eigenvalue weighted by molar-refractivity contribution is -0.123. The Kier molecular flexibility index (Phi) is 6.41. The van der Waals surface area contributed by atoms with E-state index in [1.54, 1.807) is 0 Å². The van der Waals surface area contributed by atoms with Crippen molar-refractivity contribution in [2.45, 2.75) is 33.4 Å². The molecule has 0 aliphatic heterocycles. The third-order valence-corrected chi connectivity index (χ3v) is 3.78. The molecule has 122 valence electrons. The number of benzene rings is 1. The molecule has 1 heterocycles. The number of hydrogen-bond acceptors (Lipinski definition) is 3. The van der Waals surface area contributed by atoms with Gasteiger partial charge in [-0.3, -0.25) is 4.79 Å². The fourth-order valence-electron chi connectivity index (χ4n) is 2.50. The molecule has 0 aliphatic rings. The molecule has 0 aliphatic carbocycles. The number of amides is 1. The summed E-state index contributed by atoms with van der Waals surface area (Å²) in [5.74, 6) is -0.202. The number of nitrogens with two attached hydrogens (primary N) is 1. The number of carbonyl (C=O) groups is 1. The van der Waals surface area contributed by atoms with Crippen LogP contribution in [0.2, 0.25) is 0 Å². The molecule has 4 N–H and O–H groups in total. The molecule has 1 amide bonds. The molecule has 2 rings (SSSR count). The number of fused-ring (bicyclic) bond motifs is 1. The number of methoxy groups -OCH3 is 1. The van der Waals surface area contributed by atoms with Crippen molar-refractivity contribution in [1.82, 2.24) is 10.3 Å². The van der Waals surface area contributed by atoms with E-state index in [0.717, 1.165) is 16.8 Å². The fraction of sp³-hybridized carbons (Fsp3) is 0.438. The largest absolute Gasteiger partial charge is 0.383 e. The minimum Gasteiger partial charge on any atom is -0.383 e. The van der Waals surface area contributed by atoms with Crippen LogP contribution < -0.4 is 11.1 Å². The molecule has 0 fully saturated rings. The van der Waals surface area contributed by atoms with Gasteiger partial charge in [-0.15, -0.1) is 12.4 Å². The Morgan fingerprint density at radius 2 is 2.05 bits per heavy atom. The number of hydrogen-bond donors (Lipinski definition) is 3. The lowest BCUT2D eigenvalue weighted by atomic mass is 10.0. The highest BCUT2D eigenvalue weighted by Crippen LogP contribution is 2.25. The molecule has 1 aromatic heterocycles. The van der Waals surface area contributed by atoms with Crippen molar-refractivity contribution in [3.05, 3.63) is 34.5 Å². The molecule has 1 unspecified atom stereocenters. The molecule has 0 spiro atoms. The highest BCUT2D eigenvalue weighted by Gasteiger charge is 2.14. The highest BCUT2D eigenvalue weighted by atomic mass is 35.5. The van der Waals surface area contributed by atoms with Crippen LogP contribution in [-0.4, -0.2) is 30.6 Å². The summed E-state index contributed by atoms with van der Waals surface area (Å²) in [5.41, 5.74) is 11.4. The predicted molar refractivity (Wildman–Crippen MR) is 91.5 cm³/mol. The van der Waals surface area contributed by atoms with E-state index in [4.69, 9.17) is 10.5 Å². The summed E-state index contributed by atoms with van der Waals surface area (Å²) >= 11 is 0. The van der Waals surface area contributed by atoms with E-state index < -0.39 is 6.04 Å². The minimum atomic E-state index is -0.637. The number of H-pyrrole nitrogens is 1. The second-order valence-electron chi connectivity index (χ2n) is 5.50. The van der Waals surface area contributed by atoms with Crippen molar-refractivity contribution in [1.29, 1.82) is 0 Å². The highest BCUT2D eigenvalue weighted by molar-refractivity contribution is 5.88. The van der Waals surface area contributed by atoms with Crippen molar-refractivity contribution in [3.63, 3.8) is 0 Å². The average Bonchev–Trinajstić information content (AvgIpc) is 2.72. The second-order valence-corrected chi connectivity index (χ2v) is 5.50. The van der Waals surface area contributed by atoms with Gasteiger partial charge in [-0.2, -0.15) is 0 Å². The molecule has 5 nitrogen and oxygen atoms in total. The zero-order chi connectivity index (χ0) is 15.6. The molecule has 1 atom stereocenters. The van der Waals surface area contributed by atoms with Crippen molar-refractivity contribution < 1.29 is 9.53 Å². The number of nitrogens with one attached hydrogen (secondary N) is 2. The number of aromatic amines is 1. The standard InChI is InChI=1S/C16H23N3O2.ClH/c1-9-5-12(7-18-16(20)14(17)8-21-4)15-13(6-9)10(2)11(3)19-15;/h5-6,14,19H,7-8,17H2,1-4H3,(H,18,20);1H. The van der Waals surface area contributed by atoms with Gasteiger partial charge in [0.25, 0.3) is 0 Å². The van der Waals surface area contributed by atoms with Gasteiger partial charge >= 0.3 is 0 Å². The molecule has 6 heteroatoms. The topological polar surface area (TPSA) is 80.1 Å². The van der Waals surface area contributed by atoms with Crippen LogP contribution in [0.4, 0.5) is 0 Å². The van der Waals surface area contributed by atoms with Crippen LogP contribution in [0.25, 0.3) is 10.9 Å². The number of ether oxygens (including phenoxy) is 1. The summed E-state index contributed by atoms with van der Waals surface area (Å²) in [4.78, 5) is 15.3.